The highest BCUT2D eigenvalue weighted by Gasteiger charge is 2.37. The van der Waals surface area contributed by atoms with Crippen molar-refractivity contribution in [2.45, 2.75) is 13.1 Å². The van der Waals surface area contributed by atoms with Crippen molar-refractivity contribution in [2.75, 3.05) is 9.80 Å². The van der Waals surface area contributed by atoms with E-state index >= 15 is 0 Å². The summed E-state index contributed by atoms with van der Waals surface area (Å²) in [7, 11) is -2.21. The van der Waals surface area contributed by atoms with Crippen LogP contribution in [0.4, 0.5) is 34.1 Å². The second-order valence-corrected chi connectivity index (χ2v) is 19.7. The molecule has 0 amide bonds. The topological polar surface area (TPSA) is 6.48 Å². The van der Waals surface area contributed by atoms with Gasteiger partial charge in [0.05, 0.1) is 5.69 Å². The average Bonchev–Trinajstić information content (AvgIpc) is 3.28. The molecule has 0 atom stereocenters. The quantitative estimate of drug-likeness (QED) is 0.143. The van der Waals surface area contributed by atoms with E-state index in [1.165, 1.54) is 65.9 Å². The molecule has 3 heteroatoms. The van der Waals surface area contributed by atoms with Crippen LogP contribution < -0.4 is 20.2 Å². The normalized spacial score (nSPS) is 12.5. The highest BCUT2D eigenvalue weighted by Crippen LogP contribution is 2.44. The van der Waals surface area contributed by atoms with Gasteiger partial charge in [-0.25, -0.2) is 0 Å². The van der Waals surface area contributed by atoms with Crippen LogP contribution in [0.1, 0.15) is 0 Å². The smallest absolute Gasteiger partial charge is 0.113 e. The van der Waals surface area contributed by atoms with Crippen LogP contribution in [0.15, 0.2) is 218 Å². The summed E-state index contributed by atoms with van der Waals surface area (Å²) in [5.74, 6) is 0. The maximum absolute atomic E-state index is 2.53. The van der Waals surface area contributed by atoms with Crippen LogP contribution in [-0.2, 0) is 0 Å². The molecule has 0 saturated carbocycles. The molecule has 2 nitrogen and oxygen atoms in total. The maximum Gasteiger partial charge on any atom is 0.113 e. The fraction of sp³-hybridized carbons (Fsp3) is 0.0370. The van der Waals surface area contributed by atoms with E-state index in [9.17, 15) is 0 Å². The van der Waals surface area contributed by atoms with E-state index < -0.39 is 8.07 Å². The minimum Gasteiger partial charge on any atom is -0.311 e. The number of fused-ring (bicyclic) bond motifs is 2. The van der Waals surface area contributed by atoms with Crippen LogP contribution in [-0.4, -0.2) is 8.07 Å². The van der Waals surface area contributed by atoms with Gasteiger partial charge in [-0.05, 0) is 116 Å². The number of rotatable bonds is 8. The molecule has 0 spiro atoms. The lowest BCUT2D eigenvalue weighted by Gasteiger charge is -2.36. The van der Waals surface area contributed by atoms with E-state index in [0.717, 1.165) is 22.7 Å². The van der Waals surface area contributed by atoms with E-state index in [2.05, 4.69) is 241 Å². The lowest BCUT2D eigenvalue weighted by atomic mass is 9.95. The van der Waals surface area contributed by atoms with Gasteiger partial charge in [-0.2, -0.15) is 0 Å². The largest absolute Gasteiger partial charge is 0.311 e. The number of anilines is 6. The molecule has 0 N–H and O–H groups in total. The number of hydrogen-bond acceptors (Lipinski definition) is 2. The van der Waals surface area contributed by atoms with Crippen LogP contribution >= 0.6 is 0 Å². The predicted octanol–water partition coefficient (Wildman–Crippen LogP) is 13.9. The Hall–Kier alpha value is -6.94. The molecule has 0 bridgehead atoms. The fourth-order valence-corrected chi connectivity index (χ4v) is 11.9. The van der Waals surface area contributed by atoms with Gasteiger partial charge < -0.3 is 9.80 Å². The summed E-state index contributed by atoms with van der Waals surface area (Å²) in [6, 6.07) is 79.7. The first-order chi connectivity index (χ1) is 28.0. The molecule has 9 aromatic rings. The van der Waals surface area contributed by atoms with E-state index in [0.29, 0.717) is 0 Å². The van der Waals surface area contributed by atoms with Gasteiger partial charge in [-0.3, -0.25) is 0 Å². The highest BCUT2D eigenvalue weighted by atomic mass is 28.3. The average molecular weight is 747 g/mol. The number of benzene rings is 9. The Morgan fingerprint density at radius 3 is 1.28 bits per heavy atom. The van der Waals surface area contributed by atoms with Gasteiger partial charge in [0.1, 0.15) is 8.07 Å². The molecule has 0 unspecified atom stereocenters. The van der Waals surface area contributed by atoms with Gasteiger partial charge in [0.15, 0.2) is 0 Å². The minimum atomic E-state index is -2.21. The lowest BCUT2D eigenvalue weighted by Crippen LogP contribution is -2.56. The van der Waals surface area contributed by atoms with Crippen molar-refractivity contribution in [1.82, 2.24) is 0 Å². The molecule has 0 aliphatic carbocycles. The third-order valence-corrected chi connectivity index (χ3v) is 15.2. The van der Waals surface area contributed by atoms with E-state index in [1.807, 2.05) is 0 Å². The van der Waals surface area contributed by atoms with Crippen molar-refractivity contribution in [1.29, 1.82) is 0 Å². The van der Waals surface area contributed by atoms with Crippen LogP contribution in [0.5, 0.6) is 0 Å². The lowest BCUT2D eigenvalue weighted by molar-refractivity contribution is 1.28. The highest BCUT2D eigenvalue weighted by molar-refractivity contribution is 7.03. The second kappa shape index (κ2) is 14.3. The molecule has 1 heterocycles. The summed E-state index contributed by atoms with van der Waals surface area (Å²) in [6.07, 6.45) is 0. The predicted molar refractivity (Wildman–Crippen MR) is 246 cm³/mol. The molecule has 0 aromatic heterocycles. The van der Waals surface area contributed by atoms with Gasteiger partial charge in [-0.1, -0.05) is 165 Å². The molecule has 57 heavy (non-hydrogen) atoms. The molecule has 0 radical (unpaired) electrons. The van der Waals surface area contributed by atoms with Crippen molar-refractivity contribution in [3.05, 3.63) is 218 Å². The standard InChI is InChI=1S/C54H42N2Si/c1-57(2)52-25-15-24-50-51(56(43-20-11-5-12-21-43)44-22-13-6-14-23-44)37-36-49(54(50)52)48-35-34-47(38-53(48)57)55(45-30-26-41(27-31-45)39-16-7-3-8-17-39)46-32-28-42(29-33-46)40-18-9-4-10-19-40/h3-38H,1-2H3. The fourth-order valence-electron chi connectivity index (χ4n) is 8.80. The molecule has 9 aromatic carbocycles. The molecule has 272 valence electrons. The van der Waals surface area contributed by atoms with E-state index in [1.54, 1.807) is 0 Å². The molecule has 1 aliphatic rings. The molecule has 0 fully saturated rings. The van der Waals surface area contributed by atoms with Crippen LogP contribution in [0.25, 0.3) is 44.2 Å². The molecule has 0 saturated heterocycles. The zero-order valence-electron chi connectivity index (χ0n) is 32.2. The third kappa shape index (κ3) is 6.14. The zero-order valence-corrected chi connectivity index (χ0v) is 33.2. The van der Waals surface area contributed by atoms with Gasteiger partial charge in [0.2, 0.25) is 0 Å². The SMILES string of the molecule is C[Si]1(C)c2cc(N(c3ccc(-c4ccccc4)cc3)c3ccc(-c4ccccc4)cc3)ccc2-c2ccc(N(c3ccccc3)c3ccccc3)c3cccc1c23. The zero-order chi connectivity index (χ0) is 38.3. The summed E-state index contributed by atoms with van der Waals surface area (Å²) in [5, 5.41) is 5.61. The van der Waals surface area contributed by atoms with E-state index in [-0.39, 0.29) is 0 Å². The number of nitrogens with zero attached hydrogens (tertiary/aromatic N) is 2. The first-order valence-corrected chi connectivity index (χ1v) is 22.8. The molecule has 10 rings (SSSR count). The number of hydrogen-bond donors (Lipinski definition) is 0. The van der Waals surface area contributed by atoms with Gasteiger partial charge in [0, 0.05) is 33.8 Å². The maximum atomic E-state index is 2.53. The first kappa shape index (κ1) is 34.5. The van der Waals surface area contributed by atoms with Crippen molar-refractivity contribution in [3.8, 4) is 33.4 Å². The Balaban J connectivity index is 1.12. The third-order valence-electron chi connectivity index (χ3n) is 11.7. The summed E-state index contributed by atoms with van der Waals surface area (Å²) in [6.45, 7) is 5.06. The minimum absolute atomic E-state index is 1.13. The Morgan fingerprint density at radius 2 is 0.754 bits per heavy atom. The van der Waals surface area contributed by atoms with Gasteiger partial charge >= 0.3 is 0 Å². The van der Waals surface area contributed by atoms with Crippen molar-refractivity contribution < 1.29 is 0 Å². The Morgan fingerprint density at radius 1 is 0.316 bits per heavy atom. The molecule has 1 aliphatic heterocycles. The number of para-hydroxylation sites is 2. The van der Waals surface area contributed by atoms with Crippen LogP contribution in [0.3, 0.4) is 0 Å². The van der Waals surface area contributed by atoms with Crippen molar-refractivity contribution >= 4 is 63.3 Å². The van der Waals surface area contributed by atoms with Gasteiger partial charge in [-0.15, -0.1) is 0 Å². The van der Waals surface area contributed by atoms with Crippen LogP contribution in [0.2, 0.25) is 13.1 Å². The monoisotopic (exact) mass is 746 g/mol. The van der Waals surface area contributed by atoms with Gasteiger partial charge in [0.25, 0.3) is 0 Å². The Bertz CT molecular complexity index is 2710. The Kier molecular flexibility index (Phi) is 8.66. The summed E-state index contributed by atoms with van der Waals surface area (Å²) in [4.78, 5) is 4.82. The molecular weight excluding hydrogens is 705 g/mol. The first-order valence-electron chi connectivity index (χ1n) is 19.8. The summed E-state index contributed by atoms with van der Waals surface area (Å²) in [5.41, 5.74) is 14.4. The van der Waals surface area contributed by atoms with Crippen molar-refractivity contribution in [2.24, 2.45) is 0 Å². The van der Waals surface area contributed by atoms with Crippen LogP contribution in [0, 0.1) is 0 Å². The van der Waals surface area contributed by atoms with Crippen molar-refractivity contribution in [3.63, 3.8) is 0 Å². The Labute approximate surface area is 336 Å². The summed E-state index contributed by atoms with van der Waals surface area (Å²) >= 11 is 0. The van der Waals surface area contributed by atoms with E-state index in [4.69, 9.17) is 0 Å². The molecular formula is C54H42N2Si. The second-order valence-electron chi connectivity index (χ2n) is 15.4. The summed E-state index contributed by atoms with van der Waals surface area (Å²) < 4.78 is 0.